The fourth-order valence-electron chi connectivity index (χ4n) is 2.32. The summed E-state index contributed by atoms with van der Waals surface area (Å²) in [6.07, 6.45) is 4.39. The zero-order chi connectivity index (χ0) is 8.60. The third-order valence-electron chi connectivity index (χ3n) is 3.03. The van der Waals surface area contributed by atoms with Gasteiger partial charge in [-0.1, -0.05) is 0 Å². The Balaban J connectivity index is 2.06. The van der Waals surface area contributed by atoms with E-state index in [4.69, 9.17) is 12.2 Å². The fraction of sp³-hybridized carbons (Fsp3) is 1.00. The standard InChI is InChI=1S/C8H17PS3/c1-7-3-2-4-8(7)9(10)11-5-6-12-9/h7-10H,2-6H2,1H3. The summed E-state index contributed by atoms with van der Waals surface area (Å²) in [4.78, 5) is -1.19. The molecule has 0 radical (unpaired) electrons. The molecule has 1 aliphatic carbocycles. The molecule has 0 spiro atoms. The van der Waals surface area contributed by atoms with Crippen LogP contribution in [0.5, 0.6) is 0 Å². The summed E-state index contributed by atoms with van der Waals surface area (Å²) in [6.45, 7) is 2.43. The Morgan fingerprint density at radius 1 is 1.25 bits per heavy atom. The van der Waals surface area contributed by atoms with E-state index >= 15 is 0 Å². The van der Waals surface area contributed by atoms with E-state index < -0.39 is 4.87 Å². The minimum absolute atomic E-state index is 0.965. The van der Waals surface area contributed by atoms with E-state index in [0.29, 0.717) is 0 Å². The van der Waals surface area contributed by atoms with E-state index in [0.717, 1.165) is 11.6 Å². The molecule has 1 saturated heterocycles. The average Bonchev–Trinajstić information content (AvgIpc) is 2.59. The first-order chi connectivity index (χ1) is 5.72. The van der Waals surface area contributed by atoms with Gasteiger partial charge in [-0.3, -0.25) is 0 Å². The van der Waals surface area contributed by atoms with Gasteiger partial charge in [0.1, 0.15) is 0 Å². The van der Waals surface area contributed by atoms with Crippen molar-refractivity contribution in [2.75, 3.05) is 11.5 Å². The van der Waals surface area contributed by atoms with E-state index in [1.165, 1.54) is 30.8 Å². The first-order valence-corrected chi connectivity index (χ1v) is 11.5. The molecule has 0 aromatic carbocycles. The van der Waals surface area contributed by atoms with Crippen LogP contribution in [-0.2, 0) is 0 Å². The van der Waals surface area contributed by atoms with Crippen LogP contribution in [-0.4, -0.2) is 17.2 Å². The maximum absolute atomic E-state index is 5.00. The Bertz CT molecular complexity index is 168. The van der Waals surface area contributed by atoms with Crippen molar-refractivity contribution >= 4 is 39.9 Å². The van der Waals surface area contributed by atoms with Crippen molar-refractivity contribution in [2.24, 2.45) is 5.92 Å². The normalized spacial score (nSPS) is 43.2. The summed E-state index contributed by atoms with van der Waals surface area (Å²) in [5.74, 6) is 3.69. The molecule has 0 N–H and O–H groups in total. The zero-order valence-electron chi connectivity index (χ0n) is 7.45. The van der Waals surface area contributed by atoms with Gasteiger partial charge >= 0.3 is 89.1 Å². The number of rotatable bonds is 1. The van der Waals surface area contributed by atoms with Crippen LogP contribution in [0.2, 0.25) is 0 Å². The average molecular weight is 240 g/mol. The molecule has 1 aliphatic heterocycles. The van der Waals surface area contributed by atoms with Gasteiger partial charge in [0.2, 0.25) is 0 Å². The van der Waals surface area contributed by atoms with Crippen LogP contribution < -0.4 is 0 Å². The summed E-state index contributed by atoms with van der Waals surface area (Å²) < 4.78 is 0. The Hall–Kier alpha value is 1.48. The second-order valence-electron chi connectivity index (χ2n) is 3.84. The summed E-state index contributed by atoms with van der Waals surface area (Å²) in [5.41, 5.74) is 0.998. The van der Waals surface area contributed by atoms with Crippen LogP contribution in [0.4, 0.5) is 0 Å². The Morgan fingerprint density at radius 2 is 1.92 bits per heavy atom. The summed E-state index contributed by atoms with van der Waals surface area (Å²) in [7, 11) is 0. The SMILES string of the molecule is CC1CCCC1[PH]1(S)SCCS1. The monoisotopic (exact) mass is 240 g/mol. The third-order valence-corrected chi connectivity index (χ3v) is 17.7. The van der Waals surface area contributed by atoms with E-state index in [1.807, 2.05) is 0 Å². The molecule has 1 saturated carbocycles. The number of thiol groups is 1. The molecule has 4 heteroatoms. The molecule has 2 unspecified atom stereocenters. The molecule has 72 valence electrons. The quantitative estimate of drug-likeness (QED) is 0.542. The molecule has 2 rings (SSSR count). The second-order valence-corrected chi connectivity index (χ2v) is 17.5. The van der Waals surface area contributed by atoms with Gasteiger partial charge in [0.15, 0.2) is 0 Å². The van der Waals surface area contributed by atoms with Gasteiger partial charge in [0.05, 0.1) is 0 Å². The van der Waals surface area contributed by atoms with Gasteiger partial charge in [-0.2, -0.15) is 0 Å². The molecule has 0 bridgehead atoms. The topological polar surface area (TPSA) is 0 Å². The summed E-state index contributed by atoms with van der Waals surface area (Å²) in [5, 5.41) is 0. The second kappa shape index (κ2) is 3.92. The Labute approximate surface area is 89.0 Å². The van der Waals surface area contributed by atoms with Crippen LogP contribution in [0.1, 0.15) is 26.2 Å². The van der Waals surface area contributed by atoms with Crippen LogP contribution in [0, 0.1) is 5.92 Å². The van der Waals surface area contributed by atoms with Crippen LogP contribution in [0.15, 0.2) is 0 Å². The minimum atomic E-state index is -1.19. The van der Waals surface area contributed by atoms with Crippen LogP contribution >= 0.6 is 39.9 Å². The molecule has 0 aromatic heterocycles. The van der Waals surface area contributed by atoms with Gasteiger partial charge in [0, 0.05) is 0 Å². The molecule has 2 aliphatic rings. The van der Waals surface area contributed by atoms with Gasteiger partial charge < -0.3 is 0 Å². The first kappa shape index (κ1) is 10.0. The molecule has 2 atom stereocenters. The van der Waals surface area contributed by atoms with Gasteiger partial charge in [-0.15, -0.1) is 0 Å². The van der Waals surface area contributed by atoms with Crippen molar-refractivity contribution in [2.45, 2.75) is 31.8 Å². The van der Waals surface area contributed by atoms with Gasteiger partial charge in [-0.25, -0.2) is 0 Å². The molecule has 2 fully saturated rings. The van der Waals surface area contributed by atoms with Crippen molar-refractivity contribution in [1.82, 2.24) is 0 Å². The predicted octanol–water partition coefficient (Wildman–Crippen LogP) is 4.08. The fourth-order valence-corrected chi connectivity index (χ4v) is 17.5. The van der Waals surface area contributed by atoms with E-state index in [-0.39, 0.29) is 0 Å². The van der Waals surface area contributed by atoms with Crippen molar-refractivity contribution in [3.05, 3.63) is 0 Å². The molecule has 0 amide bonds. The molecular weight excluding hydrogens is 223 g/mol. The van der Waals surface area contributed by atoms with Crippen molar-refractivity contribution in [1.29, 1.82) is 0 Å². The summed E-state index contributed by atoms with van der Waals surface area (Å²) >= 11 is 9.42. The Kier molecular flexibility index (Phi) is 3.27. The van der Waals surface area contributed by atoms with E-state index in [9.17, 15) is 0 Å². The molecule has 0 nitrogen and oxygen atoms in total. The zero-order valence-corrected chi connectivity index (χ0v) is 11.0. The van der Waals surface area contributed by atoms with Crippen molar-refractivity contribution in [3.63, 3.8) is 0 Å². The van der Waals surface area contributed by atoms with Crippen LogP contribution in [0.3, 0.4) is 0 Å². The van der Waals surface area contributed by atoms with Crippen molar-refractivity contribution in [3.8, 4) is 0 Å². The molecule has 12 heavy (non-hydrogen) atoms. The van der Waals surface area contributed by atoms with E-state index in [2.05, 4.69) is 29.7 Å². The van der Waals surface area contributed by atoms with E-state index in [1.54, 1.807) is 0 Å². The molecular formula is C8H17PS3. The molecule has 1 heterocycles. The molecule has 0 aromatic rings. The van der Waals surface area contributed by atoms with Crippen molar-refractivity contribution < 1.29 is 0 Å². The number of hydrogen-bond donors (Lipinski definition) is 1. The van der Waals surface area contributed by atoms with Crippen LogP contribution in [0.25, 0.3) is 0 Å². The summed E-state index contributed by atoms with van der Waals surface area (Å²) in [6, 6.07) is 0. The van der Waals surface area contributed by atoms with Gasteiger partial charge in [0.25, 0.3) is 0 Å². The predicted molar refractivity (Wildman–Crippen MR) is 69.0 cm³/mol. The van der Waals surface area contributed by atoms with Gasteiger partial charge in [-0.05, 0) is 0 Å². The third kappa shape index (κ3) is 1.80. The number of hydrogen-bond acceptors (Lipinski definition) is 3. The first-order valence-electron chi connectivity index (χ1n) is 4.73. The maximum atomic E-state index is 5.00. The Morgan fingerprint density at radius 3 is 2.42 bits per heavy atom.